The van der Waals surface area contributed by atoms with Gasteiger partial charge in [0.2, 0.25) is 0 Å². The lowest BCUT2D eigenvalue weighted by molar-refractivity contribution is 1.16. The predicted molar refractivity (Wildman–Crippen MR) is 82.9 cm³/mol. The van der Waals surface area contributed by atoms with Crippen molar-refractivity contribution >= 4 is 16.3 Å². The van der Waals surface area contributed by atoms with Crippen LogP contribution >= 0.6 is 10.2 Å². The van der Waals surface area contributed by atoms with Crippen LogP contribution in [0.15, 0.2) is 46.8 Å². The smallest absolute Gasteiger partial charge is 0.148 e. The zero-order chi connectivity index (χ0) is 14.9. The van der Waals surface area contributed by atoms with Crippen molar-refractivity contribution in [2.45, 2.75) is 10.6 Å². The van der Waals surface area contributed by atoms with Crippen LogP contribution in [0, 0.1) is 22.7 Å². The molecule has 0 radical (unpaired) electrons. The monoisotopic (exact) mass is 292 g/mol. The van der Waals surface area contributed by atoms with Crippen LogP contribution in [-0.4, -0.2) is 4.98 Å². The van der Waals surface area contributed by atoms with Gasteiger partial charge in [-0.15, -0.1) is 10.2 Å². The van der Waals surface area contributed by atoms with Gasteiger partial charge in [-0.05, 0) is 17.0 Å². The molecule has 1 aromatic heterocycles. The Morgan fingerprint density at radius 2 is 1.90 bits per heavy atom. The Morgan fingerprint density at radius 3 is 2.57 bits per heavy atom. The van der Waals surface area contributed by atoms with Gasteiger partial charge in [0.15, 0.2) is 0 Å². The molecule has 2 heterocycles. The van der Waals surface area contributed by atoms with Crippen LogP contribution in [-0.2, 0) is 5.75 Å². The Hall–Kier alpha value is -2.60. The minimum atomic E-state index is -1.79. The fraction of sp³-hybridized carbons (Fsp3) is 0.0625. The number of pyridine rings is 1. The maximum atomic E-state index is 9.32. The van der Waals surface area contributed by atoms with Crippen LogP contribution in [0.5, 0.6) is 0 Å². The van der Waals surface area contributed by atoms with E-state index in [-0.39, 0.29) is 0 Å². The van der Waals surface area contributed by atoms with Crippen molar-refractivity contribution in [3.05, 3.63) is 64.3 Å². The summed E-state index contributed by atoms with van der Waals surface area (Å²) < 4.78 is 0. The van der Waals surface area contributed by atoms with Gasteiger partial charge in [0.25, 0.3) is 0 Å². The molecule has 1 atom stereocenters. The molecule has 1 aliphatic rings. The lowest BCUT2D eigenvalue weighted by Crippen LogP contribution is -2.12. The molecule has 0 bridgehead atoms. The Kier molecular flexibility index (Phi) is 3.23. The van der Waals surface area contributed by atoms with Gasteiger partial charge in [-0.2, -0.15) is 10.5 Å². The molecule has 2 aromatic rings. The number of nitrogens with two attached hydrogens (primary N) is 1. The van der Waals surface area contributed by atoms with E-state index in [1.807, 2.05) is 41.8 Å². The minimum absolute atomic E-state index is 0.327. The van der Waals surface area contributed by atoms with Gasteiger partial charge >= 0.3 is 0 Å². The van der Waals surface area contributed by atoms with Crippen LogP contribution < -0.4 is 5.14 Å². The van der Waals surface area contributed by atoms with Crippen molar-refractivity contribution in [2.24, 2.45) is 5.14 Å². The predicted octanol–water partition coefficient (Wildman–Crippen LogP) is 3.05. The zero-order valence-corrected chi connectivity index (χ0v) is 12.0. The van der Waals surface area contributed by atoms with Crippen molar-refractivity contribution in [3.63, 3.8) is 0 Å². The van der Waals surface area contributed by atoms with Crippen molar-refractivity contribution in [2.75, 3.05) is 0 Å². The molecule has 0 amide bonds. The molecular formula is C16H12N4S. The maximum absolute atomic E-state index is 9.32. The molecule has 4 nitrogen and oxygen atoms in total. The van der Waals surface area contributed by atoms with Crippen LogP contribution in [0.4, 0.5) is 0 Å². The summed E-state index contributed by atoms with van der Waals surface area (Å²) >= 11 is 0. The zero-order valence-electron chi connectivity index (χ0n) is 11.2. The Bertz CT molecular complexity index is 815. The van der Waals surface area contributed by atoms with E-state index in [0.717, 1.165) is 10.5 Å². The third-order valence-corrected chi connectivity index (χ3v) is 6.03. The highest BCUT2D eigenvalue weighted by molar-refractivity contribution is 8.34. The number of rotatable bonds is 2. The first-order valence-corrected chi connectivity index (χ1v) is 8.25. The average molecular weight is 292 g/mol. The summed E-state index contributed by atoms with van der Waals surface area (Å²) in [6.45, 7) is 0. The lowest BCUT2D eigenvalue weighted by atomic mass is 10.1. The average Bonchev–Trinajstić information content (AvgIpc) is 2.85. The van der Waals surface area contributed by atoms with E-state index in [2.05, 4.69) is 17.1 Å². The Balaban J connectivity index is 2.13. The normalized spacial score (nSPS) is 21.9. The maximum Gasteiger partial charge on any atom is 0.148 e. The largest absolute Gasteiger partial charge is 0.287 e. The van der Waals surface area contributed by atoms with Gasteiger partial charge in [-0.1, -0.05) is 30.3 Å². The molecule has 1 aliphatic heterocycles. The van der Waals surface area contributed by atoms with Gasteiger partial charge in [0.1, 0.15) is 17.8 Å². The summed E-state index contributed by atoms with van der Waals surface area (Å²) in [5.41, 5.74) is 2.60. The standard InChI is InChI=1S/C16H12N4S/c17-8-13-10-20-15(9-18)14-6-7-21(19,16(13)14)11-12-4-2-1-3-5-12/h1-7,10H,11,19H2. The van der Waals surface area contributed by atoms with Crippen LogP contribution in [0.25, 0.3) is 6.08 Å². The molecule has 1 unspecified atom stereocenters. The highest BCUT2D eigenvalue weighted by Gasteiger charge is 2.31. The quantitative estimate of drug-likeness (QED) is 0.921. The highest BCUT2D eigenvalue weighted by atomic mass is 32.3. The second-order valence-corrected chi connectivity index (χ2v) is 7.44. The molecule has 21 heavy (non-hydrogen) atoms. The van der Waals surface area contributed by atoms with Gasteiger partial charge in [-0.3, -0.25) is 5.14 Å². The molecule has 0 saturated carbocycles. The molecule has 102 valence electrons. The number of benzene rings is 1. The van der Waals surface area contributed by atoms with E-state index in [0.29, 0.717) is 22.6 Å². The highest BCUT2D eigenvalue weighted by Crippen LogP contribution is 2.60. The second kappa shape index (κ2) is 5.06. The van der Waals surface area contributed by atoms with Crippen LogP contribution in [0.1, 0.15) is 22.4 Å². The summed E-state index contributed by atoms with van der Waals surface area (Å²) in [5, 5.41) is 27.0. The van der Waals surface area contributed by atoms with E-state index in [9.17, 15) is 5.26 Å². The number of nitrogens with zero attached hydrogens (tertiary/aromatic N) is 3. The molecular weight excluding hydrogens is 280 g/mol. The van der Waals surface area contributed by atoms with E-state index < -0.39 is 10.2 Å². The van der Waals surface area contributed by atoms with Gasteiger partial charge < -0.3 is 0 Å². The fourth-order valence-electron chi connectivity index (χ4n) is 2.47. The van der Waals surface area contributed by atoms with E-state index >= 15 is 0 Å². The van der Waals surface area contributed by atoms with Crippen LogP contribution in [0.3, 0.4) is 0 Å². The molecule has 0 aliphatic carbocycles. The van der Waals surface area contributed by atoms with Crippen molar-refractivity contribution < 1.29 is 0 Å². The van der Waals surface area contributed by atoms with Crippen molar-refractivity contribution in [1.82, 2.24) is 4.98 Å². The number of aromatic nitrogens is 1. The molecule has 1 aromatic carbocycles. The topological polar surface area (TPSA) is 86.5 Å². The van der Waals surface area contributed by atoms with Gasteiger partial charge in [0.05, 0.1) is 5.56 Å². The van der Waals surface area contributed by atoms with Crippen molar-refractivity contribution in [3.8, 4) is 12.1 Å². The Morgan fingerprint density at radius 1 is 1.14 bits per heavy atom. The summed E-state index contributed by atoms with van der Waals surface area (Å²) in [4.78, 5) is 4.81. The summed E-state index contributed by atoms with van der Waals surface area (Å²) in [6.07, 6.45) is 3.28. The molecule has 2 N–H and O–H groups in total. The lowest BCUT2D eigenvalue weighted by Gasteiger charge is -2.31. The molecule has 5 heteroatoms. The third-order valence-electron chi connectivity index (χ3n) is 3.40. The first-order chi connectivity index (χ1) is 10.2. The van der Waals surface area contributed by atoms with Crippen LogP contribution in [0.2, 0.25) is 0 Å². The van der Waals surface area contributed by atoms with Gasteiger partial charge in [-0.25, -0.2) is 4.98 Å². The number of hydrogen-bond donors (Lipinski definition) is 1. The Labute approximate surface area is 124 Å². The summed E-state index contributed by atoms with van der Waals surface area (Å²) in [7, 11) is -1.79. The van der Waals surface area contributed by atoms with E-state index in [1.54, 1.807) is 0 Å². The fourth-order valence-corrected chi connectivity index (χ4v) is 5.05. The molecule has 0 saturated heterocycles. The number of fused-ring (bicyclic) bond motifs is 1. The molecule has 0 spiro atoms. The summed E-state index contributed by atoms with van der Waals surface area (Å²) in [5.74, 6) is 0.654. The van der Waals surface area contributed by atoms with Gasteiger partial charge in [0, 0.05) is 22.4 Å². The van der Waals surface area contributed by atoms with E-state index in [1.165, 1.54) is 6.20 Å². The third kappa shape index (κ3) is 2.19. The van der Waals surface area contributed by atoms with Crippen molar-refractivity contribution in [1.29, 1.82) is 10.5 Å². The first-order valence-electron chi connectivity index (χ1n) is 6.32. The molecule has 0 fully saturated rings. The van der Waals surface area contributed by atoms with E-state index in [4.69, 9.17) is 10.4 Å². The number of nitriles is 2. The SMILES string of the molecule is N#Cc1cnc(C#N)c2c1S(N)(Cc1ccccc1)C=C2. The molecule has 3 rings (SSSR count). The second-order valence-electron chi connectivity index (χ2n) is 4.77. The number of hydrogen-bond acceptors (Lipinski definition) is 4. The summed E-state index contributed by atoms with van der Waals surface area (Å²) in [6, 6.07) is 14.1. The first kappa shape index (κ1) is 13.4. The minimum Gasteiger partial charge on any atom is -0.287 e.